The van der Waals surface area contributed by atoms with Gasteiger partial charge in [0.15, 0.2) is 0 Å². The molecule has 0 aliphatic rings. The largest absolute Gasteiger partial charge is 0.305 e. The number of unbranched alkanes of at least 4 members (excludes halogenated alkanes) is 9. The van der Waals surface area contributed by atoms with Gasteiger partial charge in [-0.25, -0.2) is 0 Å². The first-order valence-electron chi connectivity index (χ1n) is 11.4. The van der Waals surface area contributed by atoms with E-state index in [0.29, 0.717) is 0 Å². The van der Waals surface area contributed by atoms with Crippen LogP contribution in [-0.4, -0.2) is 19.0 Å². The van der Waals surface area contributed by atoms with Gasteiger partial charge in [0.2, 0.25) is 0 Å². The molecule has 28 heavy (non-hydrogen) atoms. The van der Waals surface area contributed by atoms with Crippen LogP contribution >= 0.6 is 0 Å². The first kappa shape index (κ1) is 24.4. The lowest BCUT2D eigenvalue weighted by atomic mass is 10.0. The Balaban J connectivity index is 0.000000330. The lowest BCUT2D eigenvalue weighted by Gasteiger charge is -2.08. The second kappa shape index (κ2) is 17.5. The predicted octanol–water partition coefficient (Wildman–Crippen LogP) is 7.90. The van der Waals surface area contributed by atoms with Crippen molar-refractivity contribution >= 4 is 0 Å². The van der Waals surface area contributed by atoms with Crippen LogP contribution in [0.25, 0.3) is 0 Å². The van der Waals surface area contributed by atoms with E-state index in [0.717, 1.165) is 6.54 Å². The monoisotopic (exact) mass is 381 g/mol. The quantitative estimate of drug-likeness (QED) is 0.319. The van der Waals surface area contributed by atoms with Crippen molar-refractivity contribution in [2.24, 2.45) is 0 Å². The SMILES string of the molecule is CCCCCCCCCCCCc1ccccc1.CN(C)Cc1ccccc1. The standard InChI is InChI=1S/C18H30.C9H13N/c1-2-3-4-5-6-7-8-9-10-12-15-18-16-13-11-14-17-18;1-10(2)8-9-6-4-3-5-7-9/h11,13-14,16-17H,2-10,12,15H2,1H3;3-7H,8H2,1-2H3. The summed E-state index contributed by atoms with van der Waals surface area (Å²) >= 11 is 0. The van der Waals surface area contributed by atoms with E-state index in [1.807, 2.05) is 6.07 Å². The number of nitrogens with zero attached hydrogens (tertiary/aromatic N) is 1. The number of benzene rings is 2. The maximum atomic E-state index is 2.28. The molecule has 0 heterocycles. The van der Waals surface area contributed by atoms with Crippen molar-refractivity contribution in [2.75, 3.05) is 14.1 Å². The molecule has 0 amide bonds. The van der Waals surface area contributed by atoms with Crippen LogP contribution in [0.3, 0.4) is 0 Å². The fourth-order valence-corrected chi connectivity index (χ4v) is 3.41. The van der Waals surface area contributed by atoms with Gasteiger partial charge in [0, 0.05) is 6.54 Å². The Bertz CT molecular complexity index is 547. The Hall–Kier alpha value is -1.60. The molecule has 0 atom stereocenters. The molecule has 2 aromatic rings. The molecule has 0 spiro atoms. The van der Waals surface area contributed by atoms with Crippen LogP contribution in [0.2, 0.25) is 0 Å². The molecule has 156 valence electrons. The molecule has 0 saturated carbocycles. The Morgan fingerprint density at radius 3 is 1.43 bits per heavy atom. The van der Waals surface area contributed by atoms with Crippen LogP contribution in [0.1, 0.15) is 82.3 Å². The van der Waals surface area contributed by atoms with Crippen molar-refractivity contribution in [1.29, 1.82) is 0 Å². The van der Waals surface area contributed by atoms with Gasteiger partial charge >= 0.3 is 0 Å². The van der Waals surface area contributed by atoms with Gasteiger partial charge in [-0.1, -0.05) is 125 Å². The molecule has 0 bridgehead atoms. The van der Waals surface area contributed by atoms with Crippen molar-refractivity contribution < 1.29 is 0 Å². The summed E-state index contributed by atoms with van der Waals surface area (Å²) in [5.41, 5.74) is 2.87. The fraction of sp³-hybridized carbons (Fsp3) is 0.556. The Morgan fingerprint density at radius 2 is 0.964 bits per heavy atom. The van der Waals surface area contributed by atoms with Crippen LogP contribution in [0, 0.1) is 0 Å². The van der Waals surface area contributed by atoms with Gasteiger partial charge in [-0.15, -0.1) is 0 Å². The van der Waals surface area contributed by atoms with Gasteiger partial charge in [-0.3, -0.25) is 0 Å². The van der Waals surface area contributed by atoms with E-state index in [-0.39, 0.29) is 0 Å². The summed E-state index contributed by atoms with van der Waals surface area (Å²) in [6.07, 6.45) is 15.5. The average Bonchev–Trinajstić information content (AvgIpc) is 2.71. The van der Waals surface area contributed by atoms with Gasteiger partial charge in [0.25, 0.3) is 0 Å². The molecule has 1 heteroatoms. The Morgan fingerprint density at radius 1 is 0.536 bits per heavy atom. The minimum Gasteiger partial charge on any atom is -0.305 e. The van der Waals surface area contributed by atoms with Crippen molar-refractivity contribution in [3.8, 4) is 0 Å². The summed E-state index contributed by atoms with van der Waals surface area (Å²) in [5, 5.41) is 0. The van der Waals surface area contributed by atoms with E-state index in [2.05, 4.69) is 80.5 Å². The average molecular weight is 382 g/mol. The summed E-state index contributed by atoms with van der Waals surface area (Å²) < 4.78 is 0. The Labute approximate surface area is 175 Å². The number of rotatable bonds is 13. The van der Waals surface area contributed by atoms with Gasteiger partial charge in [-0.2, -0.15) is 0 Å². The third-order valence-electron chi connectivity index (χ3n) is 5.00. The van der Waals surface area contributed by atoms with E-state index in [1.165, 1.54) is 81.8 Å². The summed E-state index contributed by atoms with van der Waals surface area (Å²) in [4.78, 5) is 2.16. The van der Waals surface area contributed by atoms with Crippen molar-refractivity contribution in [3.63, 3.8) is 0 Å². The van der Waals surface area contributed by atoms with Crippen LogP contribution in [0.15, 0.2) is 60.7 Å². The maximum absolute atomic E-state index is 2.28. The molecule has 0 unspecified atom stereocenters. The second-order valence-corrected chi connectivity index (χ2v) is 8.14. The molecule has 0 aromatic heterocycles. The van der Waals surface area contributed by atoms with Crippen LogP contribution in [0.4, 0.5) is 0 Å². The van der Waals surface area contributed by atoms with Crippen LogP contribution in [0.5, 0.6) is 0 Å². The summed E-state index contributed by atoms with van der Waals surface area (Å²) in [5.74, 6) is 0. The third kappa shape index (κ3) is 14.5. The van der Waals surface area contributed by atoms with Gasteiger partial charge in [0.05, 0.1) is 0 Å². The molecule has 0 saturated heterocycles. The fourth-order valence-electron chi connectivity index (χ4n) is 3.41. The van der Waals surface area contributed by atoms with Gasteiger partial charge in [-0.05, 0) is 38.1 Å². The van der Waals surface area contributed by atoms with Crippen LogP contribution < -0.4 is 0 Å². The molecule has 0 radical (unpaired) electrons. The topological polar surface area (TPSA) is 3.24 Å². The van der Waals surface area contributed by atoms with E-state index in [4.69, 9.17) is 0 Å². The number of aryl methyl sites for hydroxylation is 1. The van der Waals surface area contributed by atoms with E-state index >= 15 is 0 Å². The first-order valence-corrected chi connectivity index (χ1v) is 11.4. The van der Waals surface area contributed by atoms with Crippen molar-refractivity contribution in [1.82, 2.24) is 4.90 Å². The van der Waals surface area contributed by atoms with Crippen LogP contribution in [-0.2, 0) is 13.0 Å². The zero-order valence-electron chi connectivity index (χ0n) is 18.7. The van der Waals surface area contributed by atoms with E-state index in [9.17, 15) is 0 Å². The molecular weight excluding hydrogens is 338 g/mol. The molecule has 2 rings (SSSR count). The minimum absolute atomic E-state index is 1.03. The highest BCUT2D eigenvalue weighted by Crippen LogP contribution is 2.12. The normalized spacial score (nSPS) is 10.6. The van der Waals surface area contributed by atoms with Gasteiger partial charge in [0.1, 0.15) is 0 Å². The first-order chi connectivity index (χ1) is 13.7. The predicted molar refractivity (Wildman–Crippen MR) is 126 cm³/mol. The van der Waals surface area contributed by atoms with E-state index in [1.54, 1.807) is 0 Å². The zero-order valence-corrected chi connectivity index (χ0v) is 18.7. The number of hydrogen-bond donors (Lipinski definition) is 0. The summed E-state index contributed by atoms with van der Waals surface area (Å²) in [7, 11) is 4.15. The smallest absolute Gasteiger partial charge is 0.0227 e. The molecular formula is C27H43N. The lowest BCUT2D eigenvalue weighted by Crippen LogP contribution is -2.10. The number of hydrogen-bond acceptors (Lipinski definition) is 1. The summed E-state index contributed by atoms with van der Waals surface area (Å²) in [6.45, 7) is 3.31. The molecule has 0 aliphatic heterocycles. The molecule has 1 nitrogen and oxygen atoms in total. The maximum Gasteiger partial charge on any atom is 0.0227 e. The van der Waals surface area contributed by atoms with Crippen molar-refractivity contribution in [3.05, 3.63) is 71.8 Å². The zero-order chi connectivity index (χ0) is 20.3. The van der Waals surface area contributed by atoms with E-state index < -0.39 is 0 Å². The molecule has 0 N–H and O–H groups in total. The minimum atomic E-state index is 1.03. The lowest BCUT2D eigenvalue weighted by molar-refractivity contribution is 0.402. The molecule has 0 aliphatic carbocycles. The highest BCUT2D eigenvalue weighted by atomic mass is 15.0. The highest BCUT2D eigenvalue weighted by molar-refractivity contribution is 5.15. The summed E-state index contributed by atoms with van der Waals surface area (Å²) in [6, 6.07) is 21.3. The Kier molecular flexibility index (Phi) is 15.3. The van der Waals surface area contributed by atoms with Crippen molar-refractivity contribution in [2.45, 2.75) is 84.1 Å². The molecule has 0 fully saturated rings. The second-order valence-electron chi connectivity index (χ2n) is 8.14. The van der Waals surface area contributed by atoms with Gasteiger partial charge < -0.3 is 4.90 Å². The highest BCUT2D eigenvalue weighted by Gasteiger charge is 1.94. The third-order valence-corrected chi connectivity index (χ3v) is 5.00. The molecule has 2 aromatic carbocycles.